The Balaban J connectivity index is 1.23. The molecule has 2 fully saturated rings. The van der Waals surface area contributed by atoms with Crippen LogP contribution < -0.4 is 24.8 Å². The van der Waals surface area contributed by atoms with Gasteiger partial charge < -0.3 is 24.8 Å². The number of amides is 2. The second kappa shape index (κ2) is 11.6. The van der Waals surface area contributed by atoms with E-state index in [9.17, 15) is 9.59 Å². The van der Waals surface area contributed by atoms with E-state index >= 15 is 0 Å². The summed E-state index contributed by atoms with van der Waals surface area (Å²) in [5, 5.41) is 10.6. The predicted molar refractivity (Wildman–Crippen MR) is 148 cm³/mol. The van der Waals surface area contributed by atoms with Crippen molar-refractivity contribution in [1.29, 1.82) is 0 Å². The Labute approximate surface area is 233 Å². The topological polar surface area (TPSA) is 107 Å². The number of carbonyl (C=O) groups is 2. The van der Waals surface area contributed by atoms with Gasteiger partial charge in [0.05, 0.1) is 24.9 Å². The highest BCUT2D eigenvalue weighted by atomic mass is 16.5. The molecule has 1 saturated carbocycles. The molecule has 0 radical (unpaired) electrons. The standard InChI is InChI=1S/C30H35N5O5/c1-20-8-9-35(33-20)11-10-34-16-27-28(17-34)40-24-6-4-21(5-7-24)15-31-29(36)19-39-26-13-23(30(37)32-27)12-25(14-26)38-18-22-2-3-22/h4-9,12-14,22,27-28H,2-3,10-11,15-19H2,1H3,(H,31,36)(H,32,37)/t27-,28-/m0/s1. The van der Waals surface area contributed by atoms with Gasteiger partial charge in [-0.2, -0.15) is 5.10 Å². The Morgan fingerprint density at radius 2 is 1.88 bits per heavy atom. The van der Waals surface area contributed by atoms with Crippen molar-refractivity contribution < 1.29 is 23.8 Å². The number of nitrogens with zero attached hydrogens (tertiary/aromatic N) is 3. The van der Waals surface area contributed by atoms with Crippen LogP contribution in [0.3, 0.4) is 0 Å². The number of hydrogen-bond donors (Lipinski definition) is 2. The molecular formula is C30H35N5O5. The molecule has 4 bridgehead atoms. The molecule has 3 aromatic rings. The molecule has 3 aliphatic heterocycles. The third-order valence-corrected chi connectivity index (χ3v) is 7.47. The Morgan fingerprint density at radius 1 is 1.02 bits per heavy atom. The van der Waals surface area contributed by atoms with E-state index < -0.39 is 0 Å². The van der Waals surface area contributed by atoms with E-state index in [-0.39, 0.29) is 30.6 Å². The zero-order chi connectivity index (χ0) is 27.5. The molecule has 210 valence electrons. The van der Waals surface area contributed by atoms with Crippen molar-refractivity contribution in [2.45, 2.75) is 45.0 Å². The fourth-order valence-electron chi connectivity index (χ4n) is 5.01. The summed E-state index contributed by atoms with van der Waals surface area (Å²) in [6.07, 6.45) is 4.06. The zero-order valence-corrected chi connectivity index (χ0v) is 22.7. The van der Waals surface area contributed by atoms with Crippen molar-refractivity contribution in [1.82, 2.24) is 25.3 Å². The van der Waals surface area contributed by atoms with Gasteiger partial charge in [0.25, 0.3) is 11.8 Å². The summed E-state index contributed by atoms with van der Waals surface area (Å²) in [7, 11) is 0. The van der Waals surface area contributed by atoms with Gasteiger partial charge in [0.15, 0.2) is 6.61 Å². The van der Waals surface area contributed by atoms with Crippen LogP contribution >= 0.6 is 0 Å². The minimum atomic E-state index is -0.250. The van der Waals surface area contributed by atoms with Crippen LogP contribution in [0.2, 0.25) is 0 Å². The molecule has 0 spiro atoms. The van der Waals surface area contributed by atoms with Gasteiger partial charge in [-0.1, -0.05) is 12.1 Å². The van der Waals surface area contributed by atoms with Gasteiger partial charge >= 0.3 is 0 Å². The van der Waals surface area contributed by atoms with E-state index in [0.717, 1.165) is 37.2 Å². The molecule has 10 heteroatoms. The number of aryl methyl sites for hydroxylation is 1. The molecule has 2 atom stereocenters. The molecule has 1 saturated heterocycles. The van der Waals surface area contributed by atoms with Crippen molar-refractivity contribution in [3.63, 3.8) is 0 Å². The van der Waals surface area contributed by atoms with Gasteiger partial charge in [-0.3, -0.25) is 19.2 Å². The number of aromatic nitrogens is 2. The first kappa shape index (κ1) is 26.2. The molecule has 2 amide bonds. The lowest BCUT2D eigenvalue weighted by molar-refractivity contribution is -0.123. The van der Waals surface area contributed by atoms with E-state index in [2.05, 4.69) is 20.6 Å². The summed E-state index contributed by atoms with van der Waals surface area (Å²) in [5.74, 6) is 1.75. The van der Waals surface area contributed by atoms with Crippen LogP contribution in [0.1, 0.15) is 34.5 Å². The van der Waals surface area contributed by atoms with Gasteiger partial charge in [0.2, 0.25) is 0 Å². The number of carbonyl (C=O) groups excluding carboxylic acids is 2. The number of fused-ring (bicyclic) bond motifs is 7. The minimum Gasteiger partial charge on any atom is -0.493 e. The van der Waals surface area contributed by atoms with Crippen molar-refractivity contribution in [3.8, 4) is 17.2 Å². The molecule has 4 heterocycles. The summed E-state index contributed by atoms with van der Waals surface area (Å²) in [5.41, 5.74) is 2.36. The first-order chi connectivity index (χ1) is 19.5. The number of likely N-dealkylation sites (tertiary alicyclic amines) is 1. The summed E-state index contributed by atoms with van der Waals surface area (Å²) in [6, 6.07) is 14.6. The highest BCUT2D eigenvalue weighted by molar-refractivity contribution is 5.95. The summed E-state index contributed by atoms with van der Waals surface area (Å²) >= 11 is 0. The molecule has 2 N–H and O–H groups in total. The number of rotatable bonds is 6. The van der Waals surface area contributed by atoms with Crippen LogP contribution in [0, 0.1) is 12.8 Å². The summed E-state index contributed by atoms with van der Waals surface area (Å²) in [4.78, 5) is 28.3. The smallest absolute Gasteiger partial charge is 0.258 e. The normalized spacial score (nSPS) is 21.5. The first-order valence-electron chi connectivity index (χ1n) is 13.9. The van der Waals surface area contributed by atoms with Gasteiger partial charge in [-0.15, -0.1) is 0 Å². The van der Waals surface area contributed by atoms with Gasteiger partial charge in [-0.05, 0) is 61.6 Å². The minimum absolute atomic E-state index is 0.163. The Hall–Kier alpha value is -4.05. The lowest BCUT2D eigenvalue weighted by Gasteiger charge is -2.22. The number of benzene rings is 2. The average molecular weight is 546 g/mol. The van der Waals surface area contributed by atoms with Gasteiger partial charge in [0.1, 0.15) is 23.4 Å². The molecular weight excluding hydrogens is 510 g/mol. The zero-order valence-electron chi connectivity index (χ0n) is 22.7. The van der Waals surface area contributed by atoms with Crippen LogP contribution in [0.15, 0.2) is 54.7 Å². The third-order valence-electron chi connectivity index (χ3n) is 7.47. The van der Waals surface area contributed by atoms with Crippen LogP contribution in [-0.2, 0) is 17.9 Å². The quantitative estimate of drug-likeness (QED) is 0.490. The van der Waals surface area contributed by atoms with E-state index in [0.29, 0.717) is 55.0 Å². The predicted octanol–water partition coefficient (Wildman–Crippen LogP) is 2.55. The first-order valence-corrected chi connectivity index (χ1v) is 13.9. The van der Waals surface area contributed by atoms with E-state index in [4.69, 9.17) is 14.2 Å². The van der Waals surface area contributed by atoms with E-state index in [1.165, 1.54) is 0 Å². The van der Waals surface area contributed by atoms with Crippen LogP contribution in [0.4, 0.5) is 0 Å². The summed E-state index contributed by atoms with van der Waals surface area (Å²) in [6.45, 7) is 5.65. The van der Waals surface area contributed by atoms with Gasteiger partial charge in [0, 0.05) is 44.0 Å². The van der Waals surface area contributed by atoms with Crippen molar-refractivity contribution in [2.75, 3.05) is 32.8 Å². The maximum Gasteiger partial charge on any atom is 0.258 e. The van der Waals surface area contributed by atoms with Crippen molar-refractivity contribution >= 4 is 11.8 Å². The van der Waals surface area contributed by atoms with E-state index in [1.807, 2.05) is 48.1 Å². The molecule has 0 unspecified atom stereocenters. The average Bonchev–Trinajstić information content (AvgIpc) is 3.58. The van der Waals surface area contributed by atoms with Crippen LogP contribution in [-0.4, -0.2) is 71.5 Å². The molecule has 1 aliphatic carbocycles. The fraction of sp³-hybridized carbons (Fsp3) is 0.433. The SMILES string of the molecule is Cc1ccn(CCN2C[C@@H]3NC(=O)c4cc(cc(OCC5CC5)c4)OCC(=O)NCc4ccc(cc4)O[C@H]3C2)n1. The number of nitrogens with one attached hydrogen (secondary N) is 2. The Kier molecular flexibility index (Phi) is 7.59. The maximum atomic E-state index is 13.6. The maximum absolute atomic E-state index is 13.6. The largest absolute Gasteiger partial charge is 0.493 e. The molecule has 40 heavy (non-hydrogen) atoms. The highest BCUT2D eigenvalue weighted by Gasteiger charge is 2.36. The summed E-state index contributed by atoms with van der Waals surface area (Å²) < 4.78 is 20.1. The number of ether oxygens (including phenoxy) is 3. The second-order valence-corrected chi connectivity index (χ2v) is 10.9. The highest BCUT2D eigenvalue weighted by Crippen LogP contribution is 2.31. The van der Waals surface area contributed by atoms with Crippen molar-refractivity contribution in [2.24, 2.45) is 5.92 Å². The molecule has 10 nitrogen and oxygen atoms in total. The van der Waals surface area contributed by atoms with E-state index in [1.54, 1.807) is 18.2 Å². The number of hydrogen-bond acceptors (Lipinski definition) is 7. The van der Waals surface area contributed by atoms with Gasteiger partial charge in [-0.25, -0.2) is 0 Å². The Morgan fingerprint density at radius 3 is 2.65 bits per heavy atom. The van der Waals surface area contributed by atoms with Crippen LogP contribution in [0.25, 0.3) is 0 Å². The lowest BCUT2D eigenvalue weighted by atomic mass is 10.1. The molecule has 1 aromatic heterocycles. The molecule has 4 aliphatic rings. The Bertz CT molecular complexity index is 1350. The lowest BCUT2D eigenvalue weighted by Crippen LogP contribution is -2.45. The van der Waals surface area contributed by atoms with Crippen molar-refractivity contribution in [3.05, 3.63) is 71.5 Å². The molecule has 7 rings (SSSR count). The van der Waals surface area contributed by atoms with Crippen LogP contribution in [0.5, 0.6) is 17.2 Å². The monoisotopic (exact) mass is 545 g/mol. The molecule has 2 aromatic carbocycles. The fourth-order valence-corrected chi connectivity index (χ4v) is 5.01. The second-order valence-electron chi connectivity index (χ2n) is 10.9. The third kappa shape index (κ3) is 6.74.